The van der Waals surface area contributed by atoms with E-state index >= 15 is 0 Å². The van der Waals surface area contributed by atoms with Crippen LogP contribution in [-0.2, 0) is 9.53 Å². The van der Waals surface area contributed by atoms with Gasteiger partial charge in [0.05, 0.1) is 0 Å². The number of hydrogen-bond acceptors (Lipinski definition) is 3. The van der Waals surface area contributed by atoms with Crippen molar-refractivity contribution in [3.63, 3.8) is 0 Å². The second-order valence-corrected chi connectivity index (χ2v) is 6.02. The summed E-state index contributed by atoms with van der Waals surface area (Å²) in [7, 11) is 0. The van der Waals surface area contributed by atoms with Crippen molar-refractivity contribution in [2.24, 2.45) is 5.41 Å². The number of esters is 1. The average Bonchev–Trinajstić information content (AvgIpc) is 2.31. The lowest BCUT2D eigenvalue weighted by molar-refractivity contribution is -0.164. The Morgan fingerprint density at radius 3 is 2.33 bits per heavy atom. The Morgan fingerprint density at radius 2 is 1.78 bits per heavy atom. The van der Waals surface area contributed by atoms with Gasteiger partial charge in [-0.25, -0.2) is 0 Å². The predicted molar refractivity (Wildman–Crippen MR) is 71.1 cm³/mol. The Hall–Kier alpha value is -1.35. The zero-order valence-electron chi connectivity index (χ0n) is 11.4. The van der Waals surface area contributed by atoms with Crippen LogP contribution in [0, 0.1) is 5.41 Å². The molecule has 0 radical (unpaired) electrons. The van der Waals surface area contributed by atoms with Crippen LogP contribution in [0.4, 0.5) is 0 Å². The minimum atomic E-state index is -0.243. The van der Waals surface area contributed by atoms with Crippen LogP contribution in [0.1, 0.15) is 39.4 Å². The molecule has 0 amide bonds. The summed E-state index contributed by atoms with van der Waals surface area (Å²) in [4.78, 5) is 12.1. The molecule has 0 spiro atoms. The fraction of sp³-hybridized carbons (Fsp3) is 0.533. The molecular weight excluding hydrogens is 226 g/mol. The molecule has 1 saturated heterocycles. The SMILES string of the molecule is C[C@H]1N[C@H](C(C)(C)C)C(=O)O[C@H]1c1ccccc1. The highest BCUT2D eigenvalue weighted by Gasteiger charge is 2.41. The average molecular weight is 247 g/mol. The summed E-state index contributed by atoms with van der Waals surface area (Å²) in [5, 5.41) is 3.38. The van der Waals surface area contributed by atoms with Crippen molar-refractivity contribution in [3.05, 3.63) is 35.9 Å². The van der Waals surface area contributed by atoms with E-state index in [4.69, 9.17) is 4.74 Å². The van der Waals surface area contributed by atoms with Crippen LogP contribution in [-0.4, -0.2) is 18.1 Å². The zero-order chi connectivity index (χ0) is 13.3. The smallest absolute Gasteiger partial charge is 0.324 e. The van der Waals surface area contributed by atoms with Crippen LogP contribution < -0.4 is 5.32 Å². The van der Waals surface area contributed by atoms with E-state index in [0.717, 1.165) is 5.56 Å². The molecule has 2 rings (SSSR count). The van der Waals surface area contributed by atoms with Crippen molar-refractivity contribution >= 4 is 5.97 Å². The summed E-state index contributed by atoms with van der Waals surface area (Å²) in [6.45, 7) is 8.19. The molecule has 0 unspecified atom stereocenters. The molecule has 1 fully saturated rings. The van der Waals surface area contributed by atoms with E-state index < -0.39 is 0 Å². The summed E-state index contributed by atoms with van der Waals surface area (Å²) in [6, 6.07) is 9.75. The largest absolute Gasteiger partial charge is 0.455 e. The maximum absolute atomic E-state index is 12.1. The van der Waals surface area contributed by atoms with E-state index in [1.807, 2.05) is 51.1 Å². The molecule has 1 aliphatic rings. The lowest BCUT2D eigenvalue weighted by atomic mass is 9.84. The highest BCUT2D eigenvalue weighted by Crippen LogP contribution is 2.31. The van der Waals surface area contributed by atoms with Crippen molar-refractivity contribution in [2.75, 3.05) is 0 Å². The van der Waals surface area contributed by atoms with Crippen LogP contribution in [0.3, 0.4) is 0 Å². The Bertz CT molecular complexity index is 422. The minimum Gasteiger partial charge on any atom is -0.455 e. The molecule has 1 aromatic rings. The third-order valence-corrected chi connectivity index (χ3v) is 3.36. The van der Waals surface area contributed by atoms with Crippen LogP contribution in [0.5, 0.6) is 0 Å². The molecule has 0 aliphatic carbocycles. The first-order valence-corrected chi connectivity index (χ1v) is 6.41. The van der Waals surface area contributed by atoms with Gasteiger partial charge in [-0.05, 0) is 17.9 Å². The van der Waals surface area contributed by atoms with Crippen molar-refractivity contribution in [2.45, 2.75) is 45.9 Å². The first-order valence-electron chi connectivity index (χ1n) is 6.41. The maximum atomic E-state index is 12.1. The molecule has 1 N–H and O–H groups in total. The van der Waals surface area contributed by atoms with Crippen LogP contribution in [0.2, 0.25) is 0 Å². The zero-order valence-corrected chi connectivity index (χ0v) is 11.4. The quantitative estimate of drug-likeness (QED) is 0.775. The molecule has 1 aromatic carbocycles. The molecular formula is C15H21NO2. The van der Waals surface area contributed by atoms with Gasteiger partial charge in [0.2, 0.25) is 0 Å². The Labute approximate surface area is 109 Å². The van der Waals surface area contributed by atoms with E-state index in [0.29, 0.717) is 0 Å². The molecule has 3 atom stereocenters. The van der Waals surface area contributed by atoms with Gasteiger partial charge in [-0.15, -0.1) is 0 Å². The third kappa shape index (κ3) is 2.56. The van der Waals surface area contributed by atoms with Gasteiger partial charge in [0.15, 0.2) is 0 Å². The molecule has 98 valence electrons. The van der Waals surface area contributed by atoms with E-state index in [-0.39, 0.29) is 29.6 Å². The van der Waals surface area contributed by atoms with Crippen LogP contribution >= 0.6 is 0 Å². The maximum Gasteiger partial charge on any atom is 0.324 e. The molecule has 0 aromatic heterocycles. The Kier molecular flexibility index (Phi) is 3.44. The summed E-state index contributed by atoms with van der Waals surface area (Å²) in [5.74, 6) is -0.158. The van der Waals surface area contributed by atoms with Crippen molar-refractivity contribution < 1.29 is 9.53 Å². The van der Waals surface area contributed by atoms with E-state index in [2.05, 4.69) is 12.2 Å². The van der Waals surface area contributed by atoms with E-state index in [1.165, 1.54) is 0 Å². The van der Waals surface area contributed by atoms with Gasteiger partial charge in [0.25, 0.3) is 0 Å². The summed E-state index contributed by atoms with van der Waals surface area (Å²) in [6.07, 6.45) is -0.197. The molecule has 18 heavy (non-hydrogen) atoms. The third-order valence-electron chi connectivity index (χ3n) is 3.36. The van der Waals surface area contributed by atoms with Crippen molar-refractivity contribution in [1.82, 2.24) is 5.32 Å². The molecule has 1 aliphatic heterocycles. The van der Waals surface area contributed by atoms with Crippen LogP contribution in [0.25, 0.3) is 0 Å². The molecule has 3 nitrogen and oxygen atoms in total. The highest BCUT2D eigenvalue weighted by molar-refractivity contribution is 5.78. The second kappa shape index (κ2) is 4.73. The molecule has 0 saturated carbocycles. The topological polar surface area (TPSA) is 38.3 Å². The molecule has 0 bridgehead atoms. The summed E-state index contributed by atoms with van der Waals surface area (Å²) < 4.78 is 5.62. The minimum absolute atomic E-state index is 0.120. The number of cyclic esters (lactones) is 1. The number of benzene rings is 1. The van der Waals surface area contributed by atoms with Crippen molar-refractivity contribution in [1.29, 1.82) is 0 Å². The molecule has 1 heterocycles. The lowest BCUT2D eigenvalue weighted by Gasteiger charge is -2.40. The number of nitrogens with one attached hydrogen (secondary N) is 1. The number of hydrogen-bond donors (Lipinski definition) is 1. The fourth-order valence-corrected chi connectivity index (χ4v) is 2.32. The highest BCUT2D eigenvalue weighted by atomic mass is 16.5. The number of rotatable bonds is 1. The Balaban J connectivity index is 2.18. The van der Waals surface area contributed by atoms with Crippen molar-refractivity contribution in [3.8, 4) is 0 Å². The number of morpholine rings is 1. The second-order valence-electron chi connectivity index (χ2n) is 6.02. The van der Waals surface area contributed by atoms with Gasteiger partial charge in [0.1, 0.15) is 12.1 Å². The van der Waals surface area contributed by atoms with E-state index in [9.17, 15) is 4.79 Å². The Morgan fingerprint density at radius 1 is 1.17 bits per heavy atom. The first kappa shape index (κ1) is 13.1. The van der Waals surface area contributed by atoms with Gasteiger partial charge in [-0.3, -0.25) is 10.1 Å². The fourth-order valence-electron chi connectivity index (χ4n) is 2.32. The molecule has 3 heteroatoms. The first-order chi connectivity index (χ1) is 8.39. The van der Waals surface area contributed by atoms with Gasteiger partial charge in [0, 0.05) is 6.04 Å². The van der Waals surface area contributed by atoms with Gasteiger partial charge in [-0.2, -0.15) is 0 Å². The standard InChI is InChI=1S/C15H21NO2/c1-10-12(11-8-6-5-7-9-11)18-14(17)13(16-10)15(2,3)4/h5-10,12-13,16H,1-4H3/t10-,12-,13+/m1/s1. The van der Waals surface area contributed by atoms with Gasteiger partial charge >= 0.3 is 5.97 Å². The summed E-state index contributed by atoms with van der Waals surface area (Å²) in [5.41, 5.74) is 0.908. The van der Waals surface area contributed by atoms with Crippen LogP contribution in [0.15, 0.2) is 30.3 Å². The van der Waals surface area contributed by atoms with Gasteiger partial charge in [-0.1, -0.05) is 51.1 Å². The number of ether oxygens (including phenoxy) is 1. The number of carbonyl (C=O) groups excluding carboxylic acids is 1. The predicted octanol–water partition coefficient (Wildman–Crippen LogP) is 2.68. The summed E-state index contributed by atoms with van der Waals surface area (Å²) >= 11 is 0. The lowest BCUT2D eigenvalue weighted by Crippen LogP contribution is -2.57. The van der Waals surface area contributed by atoms with Gasteiger partial charge < -0.3 is 4.74 Å². The number of carbonyl (C=O) groups is 1. The monoisotopic (exact) mass is 247 g/mol. The van der Waals surface area contributed by atoms with E-state index in [1.54, 1.807) is 0 Å². The normalized spacial score (nSPS) is 28.9.